The Bertz CT molecular complexity index is 1190. The van der Waals surface area contributed by atoms with Crippen LogP contribution in [0.15, 0.2) is 47.8 Å². The number of hydrogen-bond donors (Lipinski definition) is 2. The first kappa shape index (κ1) is 20.6. The molecular formula is C24H23ClN4S2. The summed E-state index contributed by atoms with van der Waals surface area (Å²) in [4.78, 5) is 13.3. The quantitative estimate of drug-likeness (QED) is 0.333. The second-order valence-electron chi connectivity index (χ2n) is 7.68. The molecule has 1 aliphatic rings. The van der Waals surface area contributed by atoms with Gasteiger partial charge in [0.1, 0.15) is 5.82 Å². The van der Waals surface area contributed by atoms with Crippen molar-refractivity contribution in [1.29, 1.82) is 0 Å². The zero-order chi connectivity index (χ0) is 21.0. The molecule has 0 unspecified atom stereocenters. The van der Waals surface area contributed by atoms with Crippen LogP contribution in [-0.2, 0) is 0 Å². The molecule has 4 aromatic rings. The van der Waals surface area contributed by atoms with Crippen molar-refractivity contribution in [2.24, 2.45) is 5.92 Å². The summed E-state index contributed by atoms with van der Waals surface area (Å²) in [6, 6.07) is 14.4. The molecule has 7 heteroatoms. The molecule has 1 aromatic carbocycles. The molecule has 1 fully saturated rings. The molecule has 4 heterocycles. The fourth-order valence-electron chi connectivity index (χ4n) is 3.81. The molecule has 0 aliphatic carbocycles. The summed E-state index contributed by atoms with van der Waals surface area (Å²) < 4.78 is 0. The SMILES string of the molecule is Clc1ccc2c(NCC3CCNCC3)nc(C=Cc3ccc(-c4cccs4)s3)nc2c1. The minimum atomic E-state index is 0.666. The van der Waals surface area contributed by atoms with Crippen LogP contribution in [0, 0.1) is 5.92 Å². The van der Waals surface area contributed by atoms with Gasteiger partial charge in [0.25, 0.3) is 0 Å². The average Bonchev–Trinajstić information content (AvgIpc) is 3.48. The molecule has 0 atom stereocenters. The Morgan fingerprint density at radius 3 is 2.81 bits per heavy atom. The number of halogens is 1. The van der Waals surface area contributed by atoms with E-state index in [4.69, 9.17) is 21.6 Å². The molecule has 0 spiro atoms. The van der Waals surface area contributed by atoms with Crippen LogP contribution < -0.4 is 10.6 Å². The number of aromatic nitrogens is 2. The van der Waals surface area contributed by atoms with Crippen LogP contribution in [-0.4, -0.2) is 29.6 Å². The van der Waals surface area contributed by atoms with Crippen LogP contribution in [0.2, 0.25) is 5.02 Å². The van der Waals surface area contributed by atoms with Crippen LogP contribution in [0.4, 0.5) is 5.82 Å². The van der Waals surface area contributed by atoms with Gasteiger partial charge in [0.05, 0.1) is 5.52 Å². The first-order valence-electron chi connectivity index (χ1n) is 10.5. The van der Waals surface area contributed by atoms with Gasteiger partial charge in [-0.05, 0) is 85.8 Å². The van der Waals surface area contributed by atoms with Crippen molar-refractivity contribution in [2.75, 3.05) is 25.0 Å². The lowest BCUT2D eigenvalue weighted by Gasteiger charge is -2.23. The summed E-state index contributed by atoms with van der Waals surface area (Å²) in [6.07, 6.45) is 6.46. The van der Waals surface area contributed by atoms with Crippen LogP contribution in [0.5, 0.6) is 0 Å². The van der Waals surface area contributed by atoms with E-state index in [0.29, 0.717) is 16.8 Å². The van der Waals surface area contributed by atoms with E-state index in [9.17, 15) is 0 Å². The Labute approximate surface area is 195 Å². The Morgan fingerprint density at radius 1 is 1.06 bits per heavy atom. The zero-order valence-corrected chi connectivity index (χ0v) is 19.4. The second kappa shape index (κ2) is 9.49. The highest BCUT2D eigenvalue weighted by atomic mass is 35.5. The average molecular weight is 467 g/mol. The number of thiophene rings is 2. The summed E-state index contributed by atoms with van der Waals surface area (Å²) in [7, 11) is 0. The van der Waals surface area contributed by atoms with Gasteiger partial charge in [-0.25, -0.2) is 9.97 Å². The van der Waals surface area contributed by atoms with Gasteiger partial charge in [-0.2, -0.15) is 0 Å². The van der Waals surface area contributed by atoms with Crippen molar-refractivity contribution >= 4 is 63.1 Å². The number of nitrogens with one attached hydrogen (secondary N) is 2. The summed E-state index contributed by atoms with van der Waals surface area (Å²) in [6.45, 7) is 3.11. The number of fused-ring (bicyclic) bond motifs is 1. The highest BCUT2D eigenvalue weighted by molar-refractivity contribution is 7.21. The third kappa shape index (κ3) is 4.99. The monoisotopic (exact) mass is 466 g/mol. The van der Waals surface area contributed by atoms with E-state index in [1.54, 1.807) is 22.7 Å². The lowest BCUT2D eigenvalue weighted by molar-refractivity contribution is 0.389. The van der Waals surface area contributed by atoms with Crippen molar-refractivity contribution in [3.8, 4) is 9.75 Å². The summed E-state index contributed by atoms with van der Waals surface area (Å²) in [5.74, 6) is 2.23. The Balaban J connectivity index is 1.40. The third-order valence-electron chi connectivity index (χ3n) is 5.48. The maximum atomic E-state index is 6.24. The first-order chi connectivity index (χ1) is 15.2. The molecule has 0 bridgehead atoms. The minimum Gasteiger partial charge on any atom is -0.369 e. The van der Waals surface area contributed by atoms with Crippen LogP contribution in [0.25, 0.3) is 32.8 Å². The molecule has 158 valence electrons. The normalized spacial score (nSPS) is 15.1. The van der Waals surface area contributed by atoms with Gasteiger partial charge >= 0.3 is 0 Å². The Morgan fingerprint density at radius 2 is 1.97 bits per heavy atom. The van der Waals surface area contributed by atoms with Gasteiger partial charge in [-0.3, -0.25) is 0 Å². The van der Waals surface area contributed by atoms with E-state index in [1.807, 2.05) is 24.3 Å². The summed E-state index contributed by atoms with van der Waals surface area (Å²) in [5, 5.41) is 10.8. The Kier molecular flexibility index (Phi) is 6.32. The lowest BCUT2D eigenvalue weighted by Crippen LogP contribution is -2.31. The number of benzene rings is 1. The van der Waals surface area contributed by atoms with Gasteiger partial charge in [0.2, 0.25) is 0 Å². The maximum Gasteiger partial charge on any atom is 0.155 e. The van der Waals surface area contributed by atoms with Crippen LogP contribution >= 0.6 is 34.3 Å². The smallest absolute Gasteiger partial charge is 0.155 e. The van der Waals surface area contributed by atoms with Gasteiger partial charge in [0, 0.05) is 31.6 Å². The second-order valence-corrected chi connectivity index (χ2v) is 10.2. The number of piperidine rings is 1. The number of nitrogens with zero attached hydrogens (tertiary/aromatic N) is 2. The van der Waals surface area contributed by atoms with Crippen LogP contribution in [0.1, 0.15) is 23.5 Å². The zero-order valence-electron chi connectivity index (χ0n) is 17.0. The number of hydrogen-bond acceptors (Lipinski definition) is 6. The molecule has 5 rings (SSSR count). The van der Waals surface area contributed by atoms with E-state index < -0.39 is 0 Å². The standard InChI is InChI=1S/C24H23ClN4S2/c25-17-3-6-19-20(14-17)28-23(29-24(19)27-15-16-9-11-26-12-10-16)8-5-18-4-7-22(31-18)21-2-1-13-30-21/h1-8,13-14,16,26H,9-12,15H2,(H,27,28,29). The van der Waals surface area contributed by atoms with Crippen molar-refractivity contribution in [3.05, 3.63) is 63.6 Å². The van der Waals surface area contributed by atoms with E-state index in [2.05, 4.69) is 46.4 Å². The van der Waals surface area contributed by atoms with E-state index in [0.717, 1.165) is 36.4 Å². The summed E-state index contributed by atoms with van der Waals surface area (Å²) in [5.41, 5.74) is 0.861. The van der Waals surface area contributed by atoms with E-state index >= 15 is 0 Å². The van der Waals surface area contributed by atoms with Gasteiger partial charge in [0.15, 0.2) is 5.82 Å². The molecule has 1 saturated heterocycles. The van der Waals surface area contributed by atoms with Crippen molar-refractivity contribution in [1.82, 2.24) is 15.3 Å². The number of anilines is 1. The molecule has 1 aliphatic heterocycles. The largest absolute Gasteiger partial charge is 0.369 e. The van der Waals surface area contributed by atoms with E-state index in [1.165, 1.54) is 27.5 Å². The van der Waals surface area contributed by atoms with Crippen molar-refractivity contribution < 1.29 is 0 Å². The number of rotatable bonds is 6. The molecule has 2 N–H and O–H groups in total. The minimum absolute atomic E-state index is 0.666. The lowest BCUT2D eigenvalue weighted by atomic mass is 9.98. The molecule has 0 amide bonds. The fraction of sp³-hybridized carbons (Fsp3) is 0.250. The third-order valence-corrected chi connectivity index (χ3v) is 7.83. The first-order valence-corrected chi connectivity index (χ1v) is 12.6. The highest BCUT2D eigenvalue weighted by Crippen LogP contribution is 2.32. The van der Waals surface area contributed by atoms with Crippen molar-refractivity contribution in [2.45, 2.75) is 12.8 Å². The highest BCUT2D eigenvalue weighted by Gasteiger charge is 2.14. The van der Waals surface area contributed by atoms with E-state index in [-0.39, 0.29) is 0 Å². The molecular weight excluding hydrogens is 444 g/mol. The summed E-state index contributed by atoms with van der Waals surface area (Å²) >= 11 is 9.78. The molecule has 0 radical (unpaired) electrons. The predicted molar refractivity (Wildman–Crippen MR) is 135 cm³/mol. The maximum absolute atomic E-state index is 6.24. The Hall–Kier alpha value is -2.25. The van der Waals surface area contributed by atoms with Crippen LogP contribution in [0.3, 0.4) is 0 Å². The molecule has 31 heavy (non-hydrogen) atoms. The topological polar surface area (TPSA) is 49.8 Å². The van der Waals surface area contributed by atoms with Gasteiger partial charge in [-0.15, -0.1) is 22.7 Å². The predicted octanol–water partition coefficient (Wildman–Crippen LogP) is 6.66. The molecule has 3 aromatic heterocycles. The van der Waals surface area contributed by atoms with Gasteiger partial charge < -0.3 is 10.6 Å². The van der Waals surface area contributed by atoms with Gasteiger partial charge in [-0.1, -0.05) is 17.7 Å². The fourth-order valence-corrected chi connectivity index (χ4v) is 5.72. The molecule has 4 nitrogen and oxygen atoms in total. The molecule has 0 saturated carbocycles. The van der Waals surface area contributed by atoms with Crippen molar-refractivity contribution in [3.63, 3.8) is 0 Å².